The maximum Gasteiger partial charge on any atom is 0.287 e. The van der Waals surface area contributed by atoms with Crippen molar-refractivity contribution in [1.29, 1.82) is 0 Å². The van der Waals surface area contributed by atoms with E-state index in [4.69, 9.17) is 4.74 Å². The number of likely N-dealkylation sites (N-methyl/N-ethyl adjacent to an activating group) is 1. The number of aromatic nitrogens is 1. The van der Waals surface area contributed by atoms with E-state index in [1.807, 2.05) is 38.4 Å². The van der Waals surface area contributed by atoms with Crippen LogP contribution >= 0.6 is 0 Å². The van der Waals surface area contributed by atoms with Crippen LogP contribution in [0.3, 0.4) is 0 Å². The molecule has 0 amide bonds. The monoisotopic (exact) mass is 316 g/mol. The van der Waals surface area contributed by atoms with Gasteiger partial charge in [-0.15, -0.1) is 0 Å². The van der Waals surface area contributed by atoms with Gasteiger partial charge in [-0.2, -0.15) is 0 Å². The van der Waals surface area contributed by atoms with Gasteiger partial charge in [-0.25, -0.2) is 4.98 Å². The van der Waals surface area contributed by atoms with Gasteiger partial charge in [0.05, 0.1) is 18.1 Å². The Hall–Kier alpha value is -2.67. The number of nitrogens with zero attached hydrogens (tertiary/aromatic N) is 3. The van der Waals surface area contributed by atoms with Gasteiger partial charge in [0.2, 0.25) is 0 Å². The van der Waals surface area contributed by atoms with Crippen LogP contribution < -0.4 is 10.1 Å². The molecule has 0 fully saturated rings. The van der Waals surface area contributed by atoms with Crippen molar-refractivity contribution in [3.63, 3.8) is 0 Å². The molecule has 0 saturated carbocycles. The summed E-state index contributed by atoms with van der Waals surface area (Å²) in [5.74, 6) is 1.42. The molecule has 1 aromatic carbocycles. The molecule has 0 radical (unpaired) electrons. The predicted octanol–water partition coefficient (Wildman–Crippen LogP) is 2.71. The number of anilines is 1. The van der Waals surface area contributed by atoms with Gasteiger partial charge in [0.1, 0.15) is 17.8 Å². The van der Waals surface area contributed by atoms with Crippen LogP contribution in [0.5, 0.6) is 5.75 Å². The zero-order chi connectivity index (χ0) is 16.8. The Morgan fingerprint density at radius 2 is 1.96 bits per heavy atom. The minimum absolute atomic E-state index is 0.0186. The summed E-state index contributed by atoms with van der Waals surface area (Å²) in [5.41, 5.74) is 1.13. The summed E-state index contributed by atoms with van der Waals surface area (Å²) in [7, 11) is 5.64. The highest BCUT2D eigenvalue weighted by molar-refractivity contribution is 5.40. The fourth-order valence-corrected chi connectivity index (χ4v) is 2.22. The van der Waals surface area contributed by atoms with E-state index in [1.54, 1.807) is 13.2 Å². The molecule has 7 nitrogen and oxygen atoms in total. The molecule has 122 valence electrons. The van der Waals surface area contributed by atoms with Gasteiger partial charge >= 0.3 is 0 Å². The van der Waals surface area contributed by atoms with E-state index in [-0.39, 0.29) is 11.7 Å². The summed E-state index contributed by atoms with van der Waals surface area (Å²) >= 11 is 0. The Balaban J connectivity index is 2.05. The van der Waals surface area contributed by atoms with Crippen molar-refractivity contribution in [2.75, 3.05) is 33.1 Å². The summed E-state index contributed by atoms with van der Waals surface area (Å²) in [6, 6.07) is 11.1. The van der Waals surface area contributed by atoms with Crippen LogP contribution in [0.2, 0.25) is 0 Å². The van der Waals surface area contributed by atoms with Gasteiger partial charge in [0, 0.05) is 12.6 Å². The summed E-state index contributed by atoms with van der Waals surface area (Å²) in [4.78, 5) is 16.3. The zero-order valence-electron chi connectivity index (χ0n) is 13.4. The molecule has 1 aromatic heterocycles. The summed E-state index contributed by atoms with van der Waals surface area (Å²) < 4.78 is 5.17. The van der Waals surface area contributed by atoms with Crippen LogP contribution in [-0.2, 0) is 0 Å². The molecular formula is C16H20N4O3. The van der Waals surface area contributed by atoms with E-state index >= 15 is 0 Å². The van der Waals surface area contributed by atoms with Crippen LogP contribution in [0.25, 0.3) is 0 Å². The first-order chi connectivity index (χ1) is 11.0. The number of methoxy groups -OCH3 is 1. The second-order valence-corrected chi connectivity index (χ2v) is 5.29. The standard InChI is InChI=1S/C16H20N4O3/c1-19(2)15(12-4-7-14(23-3)8-5-12)11-18-16-9-6-13(10-17-16)20(21)22/h4-10,15H,11H2,1-3H3,(H,17,18)/t15-/m1/s1. The molecule has 0 saturated heterocycles. The van der Waals surface area contributed by atoms with E-state index in [0.29, 0.717) is 12.4 Å². The number of nitro groups is 1. The summed E-state index contributed by atoms with van der Waals surface area (Å²) in [5, 5.41) is 13.8. The summed E-state index contributed by atoms with van der Waals surface area (Å²) in [6.07, 6.45) is 1.25. The average molecular weight is 316 g/mol. The molecule has 7 heteroatoms. The van der Waals surface area contributed by atoms with Crippen molar-refractivity contribution in [3.8, 4) is 5.75 Å². The molecule has 1 atom stereocenters. The quantitative estimate of drug-likeness (QED) is 0.625. The predicted molar refractivity (Wildman–Crippen MR) is 88.8 cm³/mol. The normalized spacial score (nSPS) is 12.0. The average Bonchev–Trinajstić information content (AvgIpc) is 2.55. The first kappa shape index (κ1) is 16.7. The minimum atomic E-state index is -0.462. The van der Waals surface area contributed by atoms with Gasteiger partial charge in [0.15, 0.2) is 0 Å². The number of rotatable bonds is 7. The SMILES string of the molecule is COc1ccc([C@@H](CNc2ccc([N+](=O)[O-])cn2)N(C)C)cc1. The molecule has 0 bridgehead atoms. The maximum atomic E-state index is 10.6. The number of hydrogen-bond donors (Lipinski definition) is 1. The highest BCUT2D eigenvalue weighted by Crippen LogP contribution is 2.22. The van der Waals surface area contributed by atoms with E-state index in [1.165, 1.54) is 12.3 Å². The number of hydrogen-bond acceptors (Lipinski definition) is 6. The highest BCUT2D eigenvalue weighted by Gasteiger charge is 2.14. The maximum absolute atomic E-state index is 10.6. The Labute approximate surface area is 135 Å². The van der Waals surface area contributed by atoms with Crippen molar-refractivity contribution in [3.05, 3.63) is 58.3 Å². The topological polar surface area (TPSA) is 80.5 Å². The Kier molecular flexibility index (Phi) is 5.48. The van der Waals surface area contributed by atoms with Gasteiger partial charge < -0.3 is 15.0 Å². The minimum Gasteiger partial charge on any atom is -0.497 e. The molecule has 1 N–H and O–H groups in total. The number of pyridine rings is 1. The van der Waals surface area contributed by atoms with Crippen molar-refractivity contribution in [2.45, 2.75) is 6.04 Å². The first-order valence-electron chi connectivity index (χ1n) is 7.16. The van der Waals surface area contributed by atoms with Crippen LogP contribution in [0.1, 0.15) is 11.6 Å². The fourth-order valence-electron chi connectivity index (χ4n) is 2.22. The second-order valence-electron chi connectivity index (χ2n) is 5.29. The molecule has 2 aromatic rings. The lowest BCUT2D eigenvalue weighted by Gasteiger charge is -2.25. The molecule has 2 rings (SSSR count). The lowest BCUT2D eigenvalue weighted by atomic mass is 10.1. The van der Waals surface area contributed by atoms with Crippen LogP contribution in [0.4, 0.5) is 11.5 Å². The second kappa shape index (κ2) is 7.55. The van der Waals surface area contributed by atoms with E-state index in [0.717, 1.165) is 11.3 Å². The molecule has 1 heterocycles. The van der Waals surface area contributed by atoms with Crippen molar-refractivity contribution in [1.82, 2.24) is 9.88 Å². The third-order valence-corrected chi connectivity index (χ3v) is 3.56. The smallest absolute Gasteiger partial charge is 0.287 e. The van der Waals surface area contributed by atoms with Crippen LogP contribution in [0, 0.1) is 10.1 Å². The zero-order valence-corrected chi connectivity index (χ0v) is 13.4. The van der Waals surface area contributed by atoms with Crippen molar-refractivity contribution < 1.29 is 9.66 Å². The van der Waals surface area contributed by atoms with Crippen molar-refractivity contribution >= 4 is 11.5 Å². The highest BCUT2D eigenvalue weighted by atomic mass is 16.6. The third-order valence-electron chi connectivity index (χ3n) is 3.56. The van der Waals surface area contributed by atoms with E-state index in [2.05, 4.69) is 15.2 Å². The van der Waals surface area contributed by atoms with Crippen LogP contribution in [-0.4, -0.2) is 42.6 Å². The molecule has 0 aliphatic carbocycles. The van der Waals surface area contributed by atoms with Gasteiger partial charge in [0.25, 0.3) is 5.69 Å². The first-order valence-corrected chi connectivity index (χ1v) is 7.16. The number of benzene rings is 1. The fraction of sp³-hybridized carbons (Fsp3) is 0.312. The number of nitrogens with one attached hydrogen (secondary N) is 1. The van der Waals surface area contributed by atoms with Gasteiger partial charge in [-0.1, -0.05) is 12.1 Å². The molecule has 0 aliphatic heterocycles. The Bertz CT molecular complexity index is 641. The van der Waals surface area contributed by atoms with Crippen LogP contribution in [0.15, 0.2) is 42.6 Å². The molecule has 0 aliphatic rings. The lowest BCUT2D eigenvalue weighted by Crippen LogP contribution is -2.27. The van der Waals surface area contributed by atoms with E-state index in [9.17, 15) is 10.1 Å². The number of ether oxygens (including phenoxy) is 1. The molecule has 0 spiro atoms. The van der Waals surface area contributed by atoms with Crippen molar-refractivity contribution in [2.24, 2.45) is 0 Å². The largest absolute Gasteiger partial charge is 0.497 e. The molecule has 23 heavy (non-hydrogen) atoms. The summed E-state index contributed by atoms with van der Waals surface area (Å²) in [6.45, 7) is 0.629. The van der Waals surface area contributed by atoms with Gasteiger partial charge in [-0.3, -0.25) is 10.1 Å². The van der Waals surface area contributed by atoms with Gasteiger partial charge in [-0.05, 0) is 37.9 Å². The molecule has 0 unspecified atom stereocenters. The van der Waals surface area contributed by atoms with E-state index < -0.39 is 4.92 Å². The lowest BCUT2D eigenvalue weighted by molar-refractivity contribution is -0.385. The third kappa shape index (κ3) is 4.40. The Morgan fingerprint density at radius 1 is 1.26 bits per heavy atom. The Morgan fingerprint density at radius 3 is 2.43 bits per heavy atom. The molecular weight excluding hydrogens is 296 g/mol.